The van der Waals surface area contributed by atoms with Crippen molar-refractivity contribution in [1.82, 2.24) is 19.8 Å². The van der Waals surface area contributed by atoms with Gasteiger partial charge in [0, 0.05) is 23.3 Å². The molecule has 2 aromatic heterocycles. The summed E-state index contributed by atoms with van der Waals surface area (Å²) in [5.74, 6) is -1.96. The number of pyridine rings is 2. The van der Waals surface area contributed by atoms with Crippen LogP contribution in [0, 0.1) is 30.2 Å². The van der Waals surface area contributed by atoms with Crippen LogP contribution in [0.15, 0.2) is 84.9 Å². The molecule has 0 spiro atoms. The van der Waals surface area contributed by atoms with Crippen LogP contribution < -0.4 is 18.9 Å². The molecule has 2 aliphatic heterocycles. The van der Waals surface area contributed by atoms with Crippen LogP contribution in [0.3, 0.4) is 0 Å². The molecule has 0 radical (unpaired) electrons. The summed E-state index contributed by atoms with van der Waals surface area (Å²) in [5.41, 5.74) is 2.71. The van der Waals surface area contributed by atoms with Gasteiger partial charge in [0.05, 0.1) is 98.6 Å². The van der Waals surface area contributed by atoms with E-state index in [2.05, 4.69) is 0 Å². The molecule has 0 saturated carbocycles. The monoisotopic (exact) mass is 846 g/mol. The molecule has 0 aliphatic carbocycles. The second-order valence-electron chi connectivity index (χ2n) is 15.2. The number of aryl methyl sites for hydroxylation is 2. The first-order valence-electron chi connectivity index (χ1n) is 19.8. The van der Waals surface area contributed by atoms with Gasteiger partial charge in [-0.3, -0.25) is 9.59 Å². The number of rotatable bonds is 13. The minimum Gasteiger partial charge on any atom is -0.497 e. The van der Waals surface area contributed by atoms with Crippen molar-refractivity contribution in [3.63, 3.8) is 0 Å². The zero-order valence-electron chi connectivity index (χ0n) is 34.8. The lowest BCUT2D eigenvalue weighted by Crippen LogP contribution is -2.29. The highest BCUT2D eigenvalue weighted by molar-refractivity contribution is 6.01. The van der Waals surface area contributed by atoms with Crippen LogP contribution >= 0.6 is 0 Å². The van der Waals surface area contributed by atoms with E-state index < -0.39 is 35.4 Å². The van der Waals surface area contributed by atoms with Crippen molar-refractivity contribution in [2.45, 2.75) is 51.9 Å². The number of amides is 2. The molecule has 62 heavy (non-hydrogen) atoms. The van der Waals surface area contributed by atoms with Crippen molar-refractivity contribution in [2.75, 3.05) is 28.4 Å². The lowest BCUT2D eigenvalue weighted by molar-refractivity contribution is 0.0693. The first-order valence-corrected chi connectivity index (χ1v) is 19.8. The van der Waals surface area contributed by atoms with E-state index in [1.54, 1.807) is 60.0 Å². The van der Waals surface area contributed by atoms with E-state index in [1.165, 1.54) is 52.7 Å². The van der Waals surface area contributed by atoms with Gasteiger partial charge in [0.1, 0.15) is 46.3 Å². The Morgan fingerprint density at radius 2 is 1.05 bits per heavy atom. The highest BCUT2D eigenvalue weighted by atomic mass is 19.1. The Hall–Kier alpha value is -6.96. The number of aromatic nitrogens is 2. The lowest BCUT2D eigenvalue weighted by Gasteiger charge is -2.26. The van der Waals surface area contributed by atoms with E-state index in [-0.39, 0.29) is 71.4 Å². The van der Waals surface area contributed by atoms with E-state index in [1.807, 2.05) is 0 Å². The molecule has 14 heteroatoms. The molecule has 0 N–H and O–H groups in total. The topological polar surface area (TPSA) is 103 Å². The molecule has 2 unspecified atom stereocenters. The third-order valence-electron chi connectivity index (χ3n) is 11.7. The molecular weight excluding hydrogens is 805 g/mol. The number of halogens is 4. The molecule has 0 bridgehead atoms. The predicted molar refractivity (Wildman–Crippen MR) is 222 cm³/mol. The molecule has 318 valence electrons. The van der Waals surface area contributed by atoms with Crippen LogP contribution in [0.25, 0.3) is 22.5 Å². The van der Waals surface area contributed by atoms with Gasteiger partial charge in [0.2, 0.25) is 0 Å². The van der Waals surface area contributed by atoms with Crippen LogP contribution in [0.4, 0.5) is 17.6 Å². The zero-order chi connectivity index (χ0) is 44.0. The summed E-state index contributed by atoms with van der Waals surface area (Å²) >= 11 is 0. The first-order chi connectivity index (χ1) is 29.9. The van der Waals surface area contributed by atoms with Gasteiger partial charge in [-0.1, -0.05) is 12.1 Å². The van der Waals surface area contributed by atoms with Gasteiger partial charge >= 0.3 is 0 Å². The normalized spacial score (nSPS) is 15.5. The van der Waals surface area contributed by atoms with Crippen LogP contribution in [-0.2, 0) is 19.5 Å². The SMILES string of the molecule is COc1ccc(CN2C(=O)c3c(CCC4c5nc(-c6c(F)cccc6F)cc(C)c5C(=O)N4Cc4ccc(OC)cc4OC)cc(-c4c(F)cccc4F)nc3C2C)c(OC)c1. The van der Waals surface area contributed by atoms with Crippen molar-refractivity contribution in [1.29, 1.82) is 0 Å². The highest BCUT2D eigenvalue weighted by Crippen LogP contribution is 2.44. The Morgan fingerprint density at radius 3 is 1.56 bits per heavy atom. The number of carbonyl (C=O) groups is 2. The van der Waals surface area contributed by atoms with Crippen molar-refractivity contribution in [2.24, 2.45) is 0 Å². The van der Waals surface area contributed by atoms with E-state index in [0.717, 1.165) is 24.3 Å². The van der Waals surface area contributed by atoms with E-state index in [4.69, 9.17) is 28.9 Å². The van der Waals surface area contributed by atoms with Crippen molar-refractivity contribution < 1.29 is 46.1 Å². The minimum atomic E-state index is -0.831. The summed E-state index contributed by atoms with van der Waals surface area (Å²) in [7, 11) is 6.08. The fourth-order valence-corrected chi connectivity index (χ4v) is 8.53. The van der Waals surface area contributed by atoms with Gasteiger partial charge in [-0.15, -0.1) is 0 Å². The van der Waals surface area contributed by atoms with Crippen molar-refractivity contribution >= 4 is 11.8 Å². The van der Waals surface area contributed by atoms with Gasteiger partial charge in [-0.05, 0) is 98.5 Å². The summed E-state index contributed by atoms with van der Waals surface area (Å²) in [6, 6.07) is 19.1. The average Bonchev–Trinajstić information content (AvgIpc) is 3.66. The number of hydrogen-bond acceptors (Lipinski definition) is 8. The van der Waals surface area contributed by atoms with Crippen molar-refractivity contribution in [3.8, 4) is 45.5 Å². The fraction of sp³-hybridized carbons (Fsp3) is 0.250. The number of carbonyl (C=O) groups excluding carboxylic acids is 2. The van der Waals surface area contributed by atoms with Gasteiger partial charge in [0.25, 0.3) is 11.8 Å². The van der Waals surface area contributed by atoms with Gasteiger partial charge in [0.15, 0.2) is 0 Å². The molecule has 0 saturated heterocycles. The predicted octanol–water partition coefficient (Wildman–Crippen LogP) is 9.76. The van der Waals surface area contributed by atoms with Crippen LogP contribution in [-0.4, -0.2) is 60.0 Å². The molecular formula is C48H42F4N4O6. The van der Waals surface area contributed by atoms with E-state index in [9.17, 15) is 9.59 Å². The third kappa shape index (κ3) is 7.32. The molecule has 10 nitrogen and oxygen atoms in total. The molecule has 2 amide bonds. The van der Waals surface area contributed by atoms with Crippen LogP contribution in [0.1, 0.15) is 79.8 Å². The van der Waals surface area contributed by atoms with Gasteiger partial charge in [-0.25, -0.2) is 27.5 Å². The van der Waals surface area contributed by atoms with Gasteiger partial charge < -0.3 is 28.7 Å². The minimum absolute atomic E-state index is 0.00751. The number of benzene rings is 4. The number of nitrogens with zero attached hydrogens (tertiary/aromatic N) is 4. The largest absolute Gasteiger partial charge is 0.497 e. The summed E-state index contributed by atoms with van der Waals surface area (Å²) in [4.78, 5) is 41.9. The second kappa shape index (κ2) is 16.8. The smallest absolute Gasteiger partial charge is 0.256 e. The quantitative estimate of drug-likeness (QED) is 0.106. The molecule has 2 aliphatic rings. The van der Waals surface area contributed by atoms with Crippen molar-refractivity contribution in [3.05, 3.63) is 153 Å². The Kier molecular flexibility index (Phi) is 11.3. The lowest BCUT2D eigenvalue weighted by atomic mass is 9.94. The maximum atomic E-state index is 15.5. The van der Waals surface area contributed by atoms with E-state index in [0.29, 0.717) is 56.6 Å². The maximum absolute atomic E-state index is 15.5. The molecule has 0 fully saturated rings. The zero-order valence-corrected chi connectivity index (χ0v) is 34.8. The Labute approximate surface area is 355 Å². The summed E-state index contributed by atoms with van der Waals surface area (Å²) in [5, 5.41) is 0. The maximum Gasteiger partial charge on any atom is 0.256 e. The summed E-state index contributed by atoms with van der Waals surface area (Å²) < 4.78 is 83.6. The Balaban J connectivity index is 1.24. The fourth-order valence-electron chi connectivity index (χ4n) is 8.53. The van der Waals surface area contributed by atoms with Gasteiger partial charge in [-0.2, -0.15) is 0 Å². The van der Waals surface area contributed by atoms with Crippen LogP contribution in [0.2, 0.25) is 0 Å². The molecule has 4 aromatic carbocycles. The molecule has 6 aromatic rings. The van der Waals surface area contributed by atoms with E-state index >= 15 is 17.6 Å². The molecule has 8 rings (SSSR count). The number of methoxy groups -OCH3 is 4. The number of ether oxygens (including phenoxy) is 4. The highest BCUT2D eigenvalue weighted by Gasteiger charge is 2.42. The average molecular weight is 847 g/mol. The summed E-state index contributed by atoms with van der Waals surface area (Å²) in [6.07, 6.45) is 0.231. The second-order valence-corrected chi connectivity index (χ2v) is 15.2. The third-order valence-corrected chi connectivity index (χ3v) is 11.7. The van der Waals surface area contributed by atoms with Crippen LogP contribution in [0.5, 0.6) is 23.0 Å². The molecule has 2 atom stereocenters. The first kappa shape index (κ1) is 41.8. The number of hydrogen-bond donors (Lipinski definition) is 0. The Morgan fingerprint density at radius 1 is 0.565 bits per heavy atom. The summed E-state index contributed by atoms with van der Waals surface area (Å²) in [6.45, 7) is 3.65. The standard InChI is InChI=1S/C48H42F4N4O6/c1-25-19-36(43-32(49)9-7-10-33(43)50)54-46-38(56(47(57)41(25)46)24-29-14-17-31(60-4)22-40(29)62-6)18-15-27-20-37(44-34(51)11-8-12-35(44)52)53-45-26(2)55(48(58)42(27)45)23-28-13-16-30(59-3)21-39(28)61-5/h7-14,16-17,19-22,26,38H,15,18,23-24H2,1-6H3. The number of fused-ring (bicyclic) bond motifs is 2. The molecule has 4 heterocycles. The Bertz CT molecular complexity index is 2720.